The van der Waals surface area contributed by atoms with Gasteiger partial charge in [0, 0.05) is 11.3 Å². The fourth-order valence-electron chi connectivity index (χ4n) is 1.86. The minimum absolute atomic E-state index is 0.209. The van der Waals surface area contributed by atoms with E-state index in [2.05, 4.69) is 5.32 Å². The van der Waals surface area contributed by atoms with Crippen LogP contribution >= 0.6 is 0 Å². The second-order valence-corrected chi connectivity index (χ2v) is 4.50. The Hall–Kier alpha value is -1.97. The number of rotatable bonds is 3. The van der Waals surface area contributed by atoms with E-state index in [4.69, 9.17) is 0 Å². The SMILES string of the molecule is Cc1ccc(NC(C)c2cc(F)ccc2F)cc1F. The molecule has 0 aliphatic rings. The fraction of sp³-hybridized carbons (Fsp3) is 0.200. The van der Waals surface area contributed by atoms with Gasteiger partial charge in [-0.2, -0.15) is 0 Å². The molecule has 0 heterocycles. The van der Waals surface area contributed by atoms with Crippen LogP contribution in [0.2, 0.25) is 0 Å². The summed E-state index contributed by atoms with van der Waals surface area (Å²) in [5, 5.41) is 2.95. The normalized spacial score (nSPS) is 12.3. The molecule has 2 aromatic carbocycles. The Kier molecular flexibility index (Phi) is 3.79. The molecule has 1 atom stereocenters. The van der Waals surface area contributed by atoms with Crippen LogP contribution in [0.15, 0.2) is 36.4 Å². The van der Waals surface area contributed by atoms with Crippen LogP contribution in [0.25, 0.3) is 0 Å². The van der Waals surface area contributed by atoms with E-state index in [0.717, 1.165) is 18.2 Å². The molecule has 0 aromatic heterocycles. The van der Waals surface area contributed by atoms with Gasteiger partial charge < -0.3 is 5.32 Å². The van der Waals surface area contributed by atoms with Gasteiger partial charge in [-0.3, -0.25) is 0 Å². The van der Waals surface area contributed by atoms with Crippen LogP contribution in [-0.4, -0.2) is 0 Å². The van der Waals surface area contributed by atoms with Crippen molar-refractivity contribution < 1.29 is 13.2 Å². The summed E-state index contributed by atoms with van der Waals surface area (Å²) < 4.78 is 40.1. The number of anilines is 1. The molecule has 1 unspecified atom stereocenters. The van der Waals surface area contributed by atoms with Gasteiger partial charge in [-0.15, -0.1) is 0 Å². The van der Waals surface area contributed by atoms with Crippen molar-refractivity contribution in [2.45, 2.75) is 19.9 Å². The summed E-state index contributed by atoms with van der Waals surface area (Å²) in [7, 11) is 0. The van der Waals surface area contributed by atoms with Crippen molar-refractivity contribution in [3.8, 4) is 0 Å². The third kappa shape index (κ3) is 3.08. The zero-order valence-corrected chi connectivity index (χ0v) is 10.7. The zero-order chi connectivity index (χ0) is 14.0. The zero-order valence-electron chi connectivity index (χ0n) is 10.7. The molecular formula is C15H14F3N. The predicted octanol–water partition coefficient (Wildman–Crippen LogP) is 4.59. The van der Waals surface area contributed by atoms with E-state index in [1.54, 1.807) is 26.0 Å². The van der Waals surface area contributed by atoms with E-state index in [-0.39, 0.29) is 11.4 Å². The van der Waals surface area contributed by atoms with Crippen molar-refractivity contribution in [1.82, 2.24) is 0 Å². The van der Waals surface area contributed by atoms with Crippen molar-refractivity contribution >= 4 is 5.69 Å². The summed E-state index contributed by atoms with van der Waals surface area (Å²) >= 11 is 0. The van der Waals surface area contributed by atoms with Gasteiger partial charge in [0.25, 0.3) is 0 Å². The molecule has 0 bridgehead atoms. The van der Waals surface area contributed by atoms with Crippen LogP contribution in [0.3, 0.4) is 0 Å². The summed E-state index contributed by atoms with van der Waals surface area (Å²) in [5.74, 6) is -1.33. The van der Waals surface area contributed by atoms with E-state index >= 15 is 0 Å². The van der Waals surface area contributed by atoms with Crippen LogP contribution in [0.1, 0.15) is 24.1 Å². The molecule has 0 spiro atoms. The summed E-state index contributed by atoms with van der Waals surface area (Å²) in [6.45, 7) is 3.35. The average molecular weight is 265 g/mol. The van der Waals surface area contributed by atoms with E-state index < -0.39 is 17.7 Å². The molecule has 0 saturated heterocycles. The molecule has 0 amide bonds. The molecule has 0 fully saturated rings. The largest absolute Gasteiger partial charge is 0.378 e. The molecule has 2 rings (SSSR count). The highest BCUT2D eigenvalue weighted by atomic mass is 19.1. The molecule has 4 heteroatoms. The molecule has 0 saturated carbocycles. The lowest BCUT2D eigenvalue weighted by Gasteiger charge is -2.17. The van der Waals surface area contributed by atoms with Gasteiger partial charge in [0.15, 0.2) is 0 Å². The molecule has 1 nitrogen and oxygen atoms in total. The first-order valence-corrected chi connectivity index (χ1v) is 5.95. The van der Waals surface area contributed by atoms with E-state index in [1.807, 2.05) is 0 Å². The summed E-state index contributed by atoms with van der Waals surface area (Å²) in [4.78, 5) is 0. The van der Waals surface area contributed by atoms with Crippen LogP contribution in [0.4, 0.5) is 18.9 Å². The highest BCUT2D eigenvalue weighted by Crippen LogP contribution is 2.23. The second kappa shape index (κ2) is 5.34. The third-order valence-corrected chi connectivity index (χ3v) is 2.98. The van der Waals surface area contributed by atoms with Gasteiger partial charge in [-0.25, -0.2) is 13.2 Å². The van der Waals surface area contributed by atoms with E-state index in [9.17, 15) is 13.2 Å². The lowest BCUT2D eigenvalue weighted by molar-refractivity contribution is 0.577. The van der Waals surface area contributed by atoms with E-state index in [0.29, 0.717) is 11.3 Å². The van der Waals surface area contributed by atoms with Crippen molar-refractivity contribution in [3.05, 3.63) is 65.0 Å². The minimum Gasteiger partial charge on any atom is -0.378 e. The van der Waals surface area contributed by atoms with Gasteiger partial charge in [0.05, 0.1) is 6.04 Å². The number of aryl methyl sites for hydroxylation is 1. The quantitative estimate of drug-likeness (QED) is 0.856. The molecular weight excluding hydrogens is 251 g/mol. The first-order chi connectivity index (χ1) is 8.97. The Morgan fingerprint density at radius 1 is 0.947 bits per heavy atom. The van der Waals surface area contributed by atoms with Crippen molar-refractivity contribution in [2.24, 2.45) is 0 Å². The number of halogens is 3. The lowest BCUT2D eigenvalue weighted by atomic mass is 10.1. The van der Waals surface area contributed by atoms with Crippen LogP contribution in [0.5, 0.6) is 0 Å². The van der Waals surface area contributed by atoms with Crippen LogP contribution < -0.4 is 5.32 Å². The van der Waals surface area contributed by atoms with Gasteiger partial charge in [0.1, 0.15) is 17.5 Å². The van der Waals surface area contributed by atoms with Crippen LogP contribution in [-0.2, 0) is 0 Å². The Morgan fingerprint density at radius 3 is 2.37 bits per heavy atom. The molecule has 1 N–H and O–H groups in total. The number of hydrogen-bond acceptors (Lipinski definition) is 1. The number of nitrogens with one attached hydrogen (secondary N) is 1. The Bertz CT molecular complexity index is 596. The van der Waals surface area contributed by atoms with Crippen molar-refractivity contribution in [3.63, 3.8) is 0 Å². The first kappa shape index (κ1) is 13.5. The molecule has 100 valence electrons. The highest BCUT2D eigenvalue weighted by molar-refractivity contribution is 5.47. The molecule has 19 heavy (non-hydrogen) atoms. The Balaban J connectivity index is 2.22. The van der Waals surface area contributed by atoms with Gasteiger partial charge in [-0.1, -0.05) is 6.07 Å². The second-order valence-electron chi connectivity index (χ2n) is 4.50. The topological polar surface area (TPSA) is 12.0 Å². The van der Waals surface area contributed by atoms with Crippen molar-refractivity contribution in [2.75, 3.05) is 5.32 Å². The maximum atomic E-state index is 13.6. The Morgan fingerprint density at radius 2 is 1.68 bits per heavy atom. The van der Waals surface area contributed by atoms with Crippen molar-refractivity contribution in [1.29, 1.82) is 0 Å². The summed E-state index contributed by atoms with van der Waals surface area (Å²) in [5.41, 5.74) is 1.27. The summed E-state index contributed by atoms with van der Waals surface area (Å²) in [6, 6.07) is 7.49. The molecule has 0 aliphatic heterocycles. The average Bonchev–Trinajstić information content (AvgIpc) is 2.36. The third-order valence-electron chi connectivity index (χ3n) is 2.98. The molecule has 2 aromatic rings. The smallest absolute Gasteiger partial charge is 0.128 e. The monoisotopic (exact) mass is 265 g/mol. The summed E-state index contributed by atoms with van der Waals surface area (Å²) in [6.07, 6.45) is 0. The number of hydrogen-bond donors (Lipinski definition) is 1. The predicted molar refractivity (Wildman–Crippen MR) is 69.5 cm³/mol. The standard InChI is InChI=1S/C15H14F3N/c1-9-3-5-12(8-15(9)18)19-10(2)13-7-11(16)4-6-14(13)17/h3-8,10,19H,1-2H3. The van der Waals surface area contributed by atoms with Crippen LogP contribution in [0, 0.1) is 24.4 Å². The first-order valence-electron chi connectivity index (χ1n) is 5.95. The maximum absolute atomic E-state index is 13.6. The molecule has 0 aliphatic carbocycles. The number of benzene rings is 2. The minimum atomic E-state index is -0.500. The molecule has 0 radical (unpaired) electrons. The van der Waals surface area contributed by atoms with Gasteiger partial charge >= 0.3 is 0 Å². The van der Waals surface area contributed by atoms with Gasteiger partial charge in [-0.05, 0) is 49.7 Å². The fourth-order valence-corrected chi connectivity index (χ4v) is 1.86. The van der Waals surface area contributed by atoms with Gasteiger partial charge in [0.2, 0.25) is 0 Å². The lowest BCUT2D eigenvalue weighted by Crippen LogP contribution is -2.09. The van der Waals surface area contributed by atoms with E-state index in [1.165, 1.54) is 6.07 Å². The maximum Gasteiger partial charge on any atom is 0.128 e. The highest BCUT2D eigenvalue weighted by Gasteiger charge is 2.12. The Labute approximate surface area is 110 Å².